The zero-order valence-corrected chi connectivity index (χ0v) is 7.69. The van der Waals surface area contributed by atoms with Gasteiger partial charge in [-0.2, -0.15) is 0 Å². The van der Waals surface area contributed by atoms with E-state index in [1.807, 2.05) is 0 Å². The predicted molar refractivity (Wildman–Crippen MR) is 50.0 cm³/mol. The normalized spacial score (nSPS) is 10.4. The van der Waals surface area contributed by atoms with Crippen molar-refractivity contribution in [3.8, 4) is 0 Å². The molecule has 0 spiro atoms. The van der Waals surface area contributed by atoms with E-state index in [4.69, 9.17) is 9.15 Å². The molecule has 0 saturated carbocycles. The SMILES string of the molecule is CCOC(=O)c1ccc2ccoc2n1. The number of rotatable bonds is 2. The molecule has 0 aromatic carbocycles. The van der Waals surface area contributed by atoms with Gasteiger partial charge in [-0.05, 0) is 25.1 Å². The van der Waals surface area contributed by atoms with Crippen molar-refractivity contribution in [3.63, 3.8) is 0 Å². The lowest BCUT2D eigenvalue weighted by Crippen LogP contribution is -2.06. The first kappa shape index (κ1) is 8.74. The van der Waals surface area contributed by atoms with Crippen molar-refractivity contribution >= 4 is 17.1 Å². The van der Waals surface area contributed by atoms with Crippen molar-refractivity contribution in [1.29, 1.82) is 0 Å². The molecule has 0 radical (unpaired) electrons. The third kappa shape index (κ3) is 1.46. The summed E-state index contributed by atoms with van der Waals surface area (Å²) in [4.78, 5) is 15.3. The summed E-state index contributed by atoms with van der Waals surface area (Å²) < 4.78 is 9.88. The van der Waals surface area contributed by atoms with Crippen LogP contribution in [0.5, 0.6) is 0 Å². The summed E-state index contributed by atoms with van der Waals surface area (Å²) in [5.41, 5.74) is 0.727. The molecule has 0 bridgehead atoms. The van der Waals surface area contributed by atoms with E-state index in [2.05, 4.69) is 4.98 Å². The maximum atomic E-state index is 11.3. The van der Waals surface area contributed by atoms with Crippen LogP contribution in [0.3, 0.4) is 0 Å². The van der Waals surface area contributed by atoms with E-state index in [1.165, 1.54) is 6.26 Å². The molecule has 2 aromatic heterocycles. The summed E-state index contributed by atoms with van der Waals surface area (Å²) in [6.07, 6.45) is 1.53. The van der Waals surface area contributed by atoms with E-state index in [0.717, 1.165) is 5.39 Å². The molecule has 0 unspecified atom stereocenters. The van der Waals surface area contributed by atoms with Crippen LogP contribution in [0.2, 0.25) is 0 Å². The van der Waals surface area contributed by atoms with Crippen LogP contribution in [0.1, 0.15) is 17.4 Å². The summed E-state index contributed by atoms with van der Waals surface area (Å²) in [6, 6.07) is 5.19. The van der Waals surface area contributed by atoms with E-state index in [1.54, 1.807) is 25.1 Å². The molecule has 0 amide bonds. The lowest BCUT2D eigenvalue weighted by atomic mass is 10.3. The molecule has 4 heteroatoms. The second-order valence-corrected chi connectivity index (χ2v) is 2.73. The fourth-order valence-corrected chi connectivity index (χ4v) is 1.16. The smallest absolute Gasteiger partial charge is 0.357 e. The fourth-order valence-electron chi connectivity index (χ4n) is 1.16. The standard InChI is InChI=1S/C10H9NO3/c1-2-13-10(12)8-4-3-7-5-6-14-9(7)11-8/h3-6H,2H2,1H3. The summed E-state index contributed by atoms with van der Waals surface area (Å²) in [5.74, 6) is -0.425. The zero-order chi connectivity index (χ0) is 9.97. The number of hydrogen-bond acceptors (Lipinski definition) is 4. The van der Waals surface area contributed by atoms with Crippen molar-refractivity contribution < 1.29 is 13.9 Å². The van der Waals surface area contributed by atoms with Gasteiger partial charge in [0, 0.05) is 5.39 Å². The van der Waals surface area contributed by atoms with Gasteiger partial charge in [-0.25, -0.2) is 9.78 Å². The van der Waals surface area contributed by atoms with Gasteiger partial charge in [0.2, 0.25) is 5.71 Å². The van der Waals surface area contributed by atoms with E-state index in [9.17, 15) is 4.79 Å². The Morgan fingerprint density at radius 2 is 2.36 bits per heavy atom. The minimum absolute atomic E-state index is 0.273. The van der Waals surface area contributed by atoms with Gasteiger partial charge < -0.3 is 9.15 Å². The molecular weight excluding hydrogens is 182 g/mol. The van der Waals surface area contributed by atoms with Crippen molar-refractivity contribution in [3.05, 3.63) is 30.2 Å². The van der Waals surface area contributed by atoms with E-state index in [-0.39, 0.29) is 5.69 Å². The van der Waals surface area contributed by atoms with E-state index in [0.29, 0.717) is 12.3 Å². The van der Waals surface area contributed by atoms with Crippen molar-refractivity contribution in [2.45, 2.75) is 6.92 Å². The lowest BCUT2D eigenvalue weighted by molar-refractivity contribution is 0.0519. The second kappa shape index (κ2) is 3.49. The van der Waals surface area contributed by atoms with Crippen LogP contribution in [-0.2, 0) is 4.74 Å². The first-order valence-electron chi connectivity index (χ1n) is 4.32. The van der Waals surface area contributed by atoms with Gasteiger partial charge in [-0.1, -0.05) is 0 Å². The van der Waals surface area contributed by atoms with Crippen LogP contribution >= 0.6 is 0 Å². The number of esters is 1. The number of carbonyl (C=O) groups is 1. The van der Waals surface area contributed by atoms with Gasteiger partial charge in [0.15, 0.2) is 5.69 Å². The molecule has 4 nitrogen and oxygen atoms in total. The van der Waals surface area contributed by atoms with Crippen LogP contribution in [-0.4, -0.2) is 17.6 Å². The maximum absolute atomic E-state index is 11.3. The third-order valence-electron chi connectivity index (χ3n) is 1.80. The Balaban J connectivity index is 2.38. The third-order valence-corrected chi connectivity index (χ3v) is 1.80. The molecule has 2 heterocycles. The first-order valence-corrected chi connectivity index (χ1v) is 4.32. The van der Waals surface area contributed by atoms with Gasteiger partial charge in [0.1, 0.15) is 0 Å². The van der Waals surface area contributed by atoms with Crippen LogP contribution in [0.15, 0.2) is 28.9 Å². The van der Waals surface area contributed by atoms with Crippen molar-refractivity contribution in [2.24, 2.45) is 0 Å². The average Bonchev–Trinajstić information content (AvgIpc) is 2.64. The highest BCUT2D eigenvalue weighted by Crippen LogP contribution is 2.13. The minimum atomic E-state index is -0.425. The molecule has 14 heavy (non-hydrogen) atoms. The highest BCUT2D eigenvalue weighted by molar-refractivity contribution is 5.89. The van der Waals surface area contributed by atoms with E-state index >= 15 is 0 Å². The summed E-state index contributed by atoms with van der Waals surface area (Å²) in [5, 5.41) is 0.873. The molecule has 0 fully saturated rings. The maximum Gasteiger partial charge on any atom is 0.357 e. The number of carbonyl (C=O) groups excluding carboxylic acids is 1. The number of fused-ring (bicyclic) bond motifs is 1. The molecule has 0 aliphatic rings. The van der Waals surface area contributed by atoms with Crippen LogP contribution in [0.25, 0.3) is 11.1 Å². The monoisotopic (exact) mass is 191 g/mol. The average molecular weight is 191 g/mol. The van der Waals surface area contributed by atoms with Gasteiger partial charge >= 0.3 is 5.97 Å². The number of aromatic nitrogens is 1. The zero-order valence-electron chi connectivity index (χ0n) is 7.69. The molecule has 0 saturated heterocycles. The Morgan fingerprint density at radius 3 is 3.14 bits per heavy atom. The lowest BCUT2D eigenvalue weighted by Gasteiger charge is -1.99. The fraction of sp³-hybridized carbons (Fsp3) is 0.200. The quantitative estimate of drug-likeness (QED) is 0.681. The Bertz CT molecular complexity index is 461. The number of furan rings is 1. The first-order chi connectivity index (χ1) is 6.81. The molecular formula is C10H9NO3. The molecule has 0 N–H and O–H groups in total. The summed E-state index contributed by atoms with van der Waals surface area (Å²) in [7, 11) is 0. The second-order valence-electron chi connectivity index (χ2n) is 2.73. The molecule has 2 rings (SSSR count). The van der Waals surface area contributed by atoms with Crippen LogP contribution in [0.4, 0.5) is 0 Å². The predicted octanol–water partition coefficient (Wildman–Crippen LogP) is 2.00. The Morgan fingerprint density at radius 1 is 1.50 bits per heavy atom. The van der Waals surface area contributed by atoms with Crippen LogP contribution in [0, 0.1) is 0 Å². The Hall–Kier alpha value is -1.84. The number of nitrogens with zero attached hydrogens (tertiary/aromatic N) is 1. The molecule has 0 aliphatic carbocycles. The number of hydrogen-bond donors (Lipinski definition) is 0. The van der Waals surface area contributed by atoms with Gasteiger partial charge in [0.05, 0.1) is 12.9 Å². The number of pyridine rings is 1. The molecule has 0 atom stereocenters. The van der Waals surface area contributed by atoms with Gasteiger partial charge in [0.25, 0.3) is 0 Å². The minimum Gasteiger partial charge on any atom is -0.461 e. The van der Waals surface area contributed by atoms with Gasteiger partial charge in [-0.15, -0.1) is 0 Å². The van der Waals surface area contributed by atoms with Crippen LogP contribution < -0.4 is 0 Å². The molecule has 72 valence electrons. The largest absolute Gasteiger partial charge is 0.461 e. The molecule has 0 aliphatic heterocycles. The summed E-state index contributed by atoms with van der Waals surface area (Å²) >= 11 is 0. The van der Waals surface area contributed by atoms with Gasteiger partial charge in [-0.3, -0.25) is 0 Å². The number of ether oxygens (including phenoxy) is 1. The van der Waals surface area contributed by atoms with Crippen molar-refractivity contribution in [1.82, 2.24) is 4.98 Å². The van der Waals surface area contributed by atoms with E-state index < -0.39 is 5.97 Å². The topological polar surface area (TPSA) is 52.3 Å². The highest BCUT2D eigenvalue weighted by atomic mass is 16.5. The molecule has 2 aromatic rings. The Kier molecular flexibility index (Phi) is 2.18. The highest BCUT2D eigenvalue weighted by Gasteiger charge is 2.09. The van der Waals surface area contributed by atoms with Crippen molar-refractivity contribution in [2.75, 3.05) is 6.61 Å². The Labute approximate surface area is 80.5 Å². The summed E-state index contributed by atoms with van der Waals surface area (Å²) in [6.45, 7) is 2.10.